The molecule has 0 aliphatic carbocycles. The molecule has 0 aromatic carbocycles. The minimum absolute atomic E-state index is 0. The number of carbonyl (C=O) groups excluding carboxylic acids is 3. The normalized spacial score (nSPS) is 8.90. The van der Waals surface area contributed by atoms with Crippen molar-refractivity contribution in [2.45, 2.75) is 58.5 Å². The summed E-state index contributed by atoms with van der Waals surface area (Å²) in [5.41, 5.74) is 4.47. The van der Waals surface area contributed by atoms with Gasteiger partial charge in [-0.3, -0.25) is 9.59 Å². The van der Waals surface area contributed by atoms with Gasteiger partial charge in [-0.2, -0.15) is 0 Å². The Morgan fingerprint density at radius 3 is 1.87 bits per heavy atom. The van der Waals surface area contributed by atoms with Gasteiger partial charge in [0.2, 0.25) is 5.91 Å². The zero-order chi connectivity index (χ0) is 28.4. The van der Waals surface area contributed by atoms with E-state index in [-0.39, 0.29) is 87.1 Å². The van der Waals surface area contributed by atoms with Crippen LogP contribution in [-0.4, -0.2) is 37.2 Å². The van der Waals surface area contributed by atoms with Crippen LogP contribution in [-0.2, 0) is 32.9 Å². The number of esters is 2. The van der Waals surface area contributed by atoms with Gasteiger partial charge in [0.25, 0.3) is 0 Å². The van der Waals surface area contributed by atoms with Gasteiger partial charge in [-0.05, 0) is 65.6 Å². The first-order valence-corrected chi connectivity index (χ1v) is 12.2. The molecule has 0 aromatic heterocycles. The number of hydrogen-bond acceptors (Lipinski definition) is 9. The number of hydrogen-bond donors (Lipinski definition) is 1. The summed E-state index contributed by atoms with van der Waals surface area (Å²) >= 11 is 0. The van der Waals surface area contributed by atoms with Crippen molar-refractivity contribution in [1.82, 2.24) is 0 Å². The number of carbonyl (C=O) groups is 3. The number of rotatable bonds is 12. The predicted octanol–water partition coefficient (Wildman–Crippen LogP) is -3.50. The average molecular weight is 596 g/mol. The Hall–Kier alpha value is -2.12. The number of terminal acetylenes is 1. The van der Waals surface area contributed by atoms with Crippen LogP contribution in [0.5, 0.6) is 0 Å². The molecule has 39 heavy (non-hydrogen) atoms. The number of nitrogens with two attached hydrogens (primary N) is 1. The maximum atomic E-state index is 11.9. The van der Waals surface area contributed by atoms with Crippen LogP contribution >= 0.6 is 7.82 Å². The zero-order valence-corrected chi connectivity index (χ0v) is 27.4. The molecular formula is C26H48NNa2O9P. The maximum Gasteiger partial charge on any atom is 1.00 e. The van der Waals surface area contributed by atoms with Crippen molar-refractivity contribution in [1.29, 1.82) is 0 Å². The first-order valence-electron chi connectivity index (χ1n) is 10.8. The number of amides is 1. The van der Waals surface area contributed by atoms with Crippen LogP contribution in [0.2, 0.25) is 0 Å². The molecule has 0 fully saturated rings. The summed E-state index contributed by atoms with van der Waals surface area (Å²) < 4.78 is 24.6. The fourth-order valence-electron chi connectivity index (χ4n) is 1.95. The average Bonchev–Trinajstić information content (AvgIpc) is 2.81. The van der Waals surface area contributed by atoms with E-state index in [9.17, 15) is 28.7 Å². The van der Waals surface area contributed by atoms with E-state index >= 15 is 0 Å². The first kappa shape index (κ1) is 43.9. The molecule has 0 saturated carbocycles. The Bertz CT molecular complexity index is 1200. The van der Waals surface area contributed by atoms with E-state index < -0.39 is 39.1 Å². The molecule has 0 heterocycles. The van der Waals surface area contributed by atoms with Crippen LogP contribution in [0.15, 0.2) is 0 Å². The van der Waals surface area contributed by atoms with Crippen LogP contribution in [0.25, 0.3) is 0 Å². The van der Waals surface area contributed by atoms with Crippen molar-refractivity contribution in [3.05, 3.63) is 0 Å². The molecular weight excluding hydrogens is 547 g/mol. The molecule has 218 valence electrons. The fraction of sp³-hybridized carbons (Fsp3) is 0.423. The van der Waals surface area contributed by atoms with E-state index in [0.29, 0.717) is 6.42 Å². The summed E-state index contributed by atoms with van der Waals surface area (Å²) in [6.45, 7) is 2.03. The maximum absolute atomic E-state index is 11.9. The number of primary amides is 1. The Morgan fingerprint density at radius 1 is 0.897 bits per heavy atom. The topological polar surface area (TPSA) is 168 Å². The van der Waals surface area contributed by atoms with Gasteiger partial charge in [0.1, 0.15) is 6.61 Å². The number of ether oxygens (including phenoxy) is 2. The molecule has 0 spiro atoms. The van der Waals surface area contributed by atoms with Gasteiger partial charge in [-0.15, -0.1) is 6.42 Å². The van der Waals surface area contributed by atoms with E-state index in [1.165, 1.54) is 6.92 Å². The number of phosphoric ester groups is 1. The van der Waals surface area contributed by atoms with Crippen molar-refractivity contribution in [2.24, 2.45) is 5.73 Å². The van der Waals surface area contributed by atoms with E-state index in [1.807, 2.05) is 5.92 Å². The van der Waals surface area contributed by atoms with E-state index in [4.69, 9.17) is 15.9 Å². The molecule has 0 radical (unpaired) electrons. The van der Waals surface area contributed by atoms with E-state index in [0.717, 1.165) is 25.7 Å². The standard InChI is InChI=1S/C24H23O8P.C2H5NO.2Na.11H2/c1-3-5-7-9-10-11-12-13-15-16-18-23(25)30-20-22(21-31-33(27,28)29)32-24(26)19-17-14-8-6-4-2;1-2(3)4;;;;;;;;;;;;;/h1,22H,4,6,8,14,17,19-21H2,2H3,(H2,27,28,29);1H3,(H2,3,4);;;11*1H/q;;2*+1;;;;;;;;;;;/p-2/t22-;;;;;;;;;;;;;;/m1............../s1. The molecule has 0 aliphatic rings. The quantitative estimate of drug-likeness (QED) is 0.0601. The fourth-order valence-corrected chi connectivity index (χ4v) is 2.30. The summed E-state index contributed by atoms with van der Waals surface area (Å²) in [5, 5.41) is 0. The van der Waals surface area contributed by atoms with Crippen molar-refractivity contribution < 1.29 is 118 Å². The van der Waals surface area contributed by atoms with Gasteiger partial charge in [0, 0.05) is 35.0 Å². The predicted molar refractivity (Wildman–Crippen MR) is 154 cm³/mol. The van der Waals surface area contributed by atoms with Gasteiger partial charge in [-0.25, -0.2) is 4.79 Å². The van der Waals surface area contributed by atoms with Gasteiger partial charge in [-0.1, -0.05) is 32.6 Å². The molecule has 1 amide bonds. The second-order valence-corrected chi connectivity index (χ2v) is 7.78. The minimum Gasteiger partial charge on any atom is -0.790 e. The summed E-state index contributed by atoms with van der Waals surface area (Å²) in [6.07, 6.45) is 8.22. The molecule has 0 bridgehead atoms. The molecule has 0 aliphatic heterocycles. The molecule has 10 nitrogen and oxygen atoms in total. The first-order chi connectivity index (χ1) is 17.5. The second kappa shape index (κ2) is 30.4. The number of unbranched alkanes of at least 4 members (excludes halogenated alkanes) is 4. The Balaban J connectivity index is -0.0000000524. The SMILES string of the molecule is C#CC#CC#CC#CC#CC#CC(=O)OC[C@H](COP(=O)([O-])[O-])OC(=O)CCCCCCC.CC(N)=O.[HH].[HH].[HH].[HH].[HH].[HH].[HH].[HH].[HH].[HH].[HH].[Na+].[Na+]. The van der Waals surface area contributed by atoms with Gasteiger partial charge in [0.05, 0.1) is 14.4 Å². The molecule has 0 unspecified atom stereocenters. The Morgan fingerprint density at radius 2 is 1.38 bits per heavy atom. The van der Waals surface area contributed by atoms with Crippen LogP contribution < -0.4 is 74.6 Å². The monoisotopic (exact) mass is 595 g/mol. The molecule has 2 N–H and O–H groups in total. The van der Waals surface area contributed by atoms with Crippen molar-refractivity contribution >= 4 is 25.7 Å². The van der Waals surface area contributed by atoms with Crippen molar-refractivity contribution in [2.75, 3.05) is 13.2 Å². The Labute approximate surface area is 290 Å². The molecule has 13 heteroatoms. The minimum atomic E-state index is -5.30. The molecule has 0 aromatic rings. The van der Waals surface area contributed by atoms with Crippen LogP contribution in [0.3, 0.4) is 0 Å². The third kappa shape index (κ3) is 40.5. The van der Waals surface area contributed by atoms with E-state index in [2.05, 4.69) is 76.4 Å². The summed E-state index contributed by atoms with van der Waals surface area (Å²) in [7, 11) is -5.30. The number of phosphoric acid groups is 1. The third-order valence-electron chi connectivity index (χ3n) is 3.34. The van der Waals surface area contributed by atoms with Gasteiger partial charge >= 0.3 is 71.1 Å². The largest absolute Gasteiger partial charge is 1.00 e. The third-order valence-corrected chi connectivity index (χ3v) is 3.80. The summed E-state index contributed by atoms with van der Waals surface area (Å²) in [4.78, 5) is 54.1. The van der Waals surface area contributed by atoms with E-state index in [1.54, 1.807) is 0 Å². The molecule has 1 atom stereocenters. The van der Waals surface area contributed by atoms with Crippen molar-refractivity contribution in [3.63, 3.8) is 0 Å². The smallest absolute Gasteiger partial charge is 0.790 e. The Kier molecular flexibility index (Phi) is 34.3. The molecule has 0 rings (SSSR count). The van der Waals surface area contributed by atoms with Crippen molar-refractivity contribution in [3.8, 4) is 71.5 Å². The molecule has 0 saturated heterocycles. The van der Waals surface area contributed by atoms with Gasteiger partial charge < -0.3 is 34.1 Å². The van der Waals surface area contributed by atoms with Crippen LogP contribution in [0.1, 0.15) is 68.1 Å². The van der Waals surface area contributed by atoms with Crippen LogP contribution in [0.4, 0.5) is 0 Å². The van der Waals surface area contributed by atoms with Crippen LogP contribution in [0, 0.1) is 71.5 Å². The summed E-state index contributed by atoms with van der Waals surface area (Å²) in [5.74, 6) is 23.0. The summed E-state index contributed by atoms with van der Waals surface area (Å²) in [6, 6.07) is 0. The second-order valence-electron chi connectivity index (χ2n) is 6.62. The zero-order valence-electron chi connectivity index (χ0n) is 22.5. The van der Waals surface area contributed by atoms with Gasteiger partial charge in [0.15, 0.2) is 6.10 Å².